The van der Waals surface area contributed by atoms with Crippen LogP contribution in [0.5, 0.6) is 0 Å². The van der Waals surface area contributed by atoms with Gasteiger partial charge in [0.05, 0.1) is 11.7 Å². The molecule has 3 nitrogen and oxygen atoms in total. The molecule has 0 bridgehead atoms. The number of hydrogen-bond donors (Lipinski definition) is 2. The van der Waals surface area contributed by atoms with Crippen LogP contribution in [0.1, 0.15) is 12.5 Å². The predicted molar refractivity (Wildman–Crippen MR) is 57.3 cm³/mol. The maximum Gasteiger partial charge on any atom is 0.0658 e. The van der Waals surface area contributed by atoms with Crippen LogP contribution >= 0.6 is 0 Å². The summed E-state index contributed by atoms with van der Waals surface area (Å²) in [6.07, 6.45) is 5.02. The molecule has 0 saturated carbocycles. The molecule has 3 rings (SSSR count). The van der Waals surface area contributed by atoms with Crippen LogP contribution in [0.15, 0.2) is 24.5 Å². The van der Waals surface area contributed by atoms with Gasteiger partial charge in [0.25, 0.3) is 0 Å². The number of nitrogens with one attached hydrogen (secondary N) is 2. The zero-order chi connectivity index (χ0) is 9.54. The van der Waals surface area contributed by atoms with Crippen LogP contribution < -0.4 is 0 Å². The highest BCUT2D eigenvalue weighted by Crippen LogP contribution is 2.26. The van der Waals surface area contributed by atoms with E-state index in [1.165, 1.54) is 21.9 Å². The summed E-state index contributed by atoms with van der Waals surface area (Å²) in [5.41, 5.74) is 3.65. The Labute approximate surface area is 81.1 Å². The van der Waals surface area contributed by atoms with Crippen LogP contribution in [-0.4, -0.2) is 15.2 Å². The van der Waals surface area contributed by atoms with Crippen LogP contribution in [0.3, 0.4) is 0 Å². The molecule has 0 saturated heterocycles. The molecule has 0 unspecified atom stereocenters. The summed E-state index contributed by atoms with van der Waals surface area (Å²) in [7, 11) is 0. The summed E-state index contributed by atoms with van der Waals surface area (Å²) in [6.45, 7) is 2.17. The fourth-order valence-electron chi connectivity index (χ4n) is 2.00. The summed E-state index contributed by atoms with van der Waals surface area (Å²) in [4.78, 5) is 3.28. The van der Waals surface area contributed by atoms with Crippen molar-refractivity contribution in [3.05, 3.63) is 30.1 Å². The maximum atomic E-state index is 4.07. The minimum absolute atomic E-state index is 1.05. The van der Waals surface area contributed by atoms with E-state index in [9.17, 15) is 0 Å². The normalized spacial score (nSPS) is 11.5. The predicted octanol–water partition coefficient (Wildman–Crippen LogP) is 2.61. The van der Waals surface area contributed by atoms with Gasteiger partial charge in [0.15, 0.2) is 0 Å². The maximum absolute atomic E-state index is 4.07. The van der Waals surface area contributed by atoms with E-state index in [1.54, 1.807) is 0 Å². The Hall–Kier alpha value is -1.77. The van der Waals surface area contributed by atoms with Gasteiger partial charge in [-0.05, 0) is 24.1 Å². The Morgan fingerprint density at radius 1 is 1.29 bits per heavy atom. The summed E-state index contributed by atoms with van der Waals surface area (Å²) < 4.78 is 0. The Bertz CT molecular complexity index is 589. The SMILES string of the molecule is CCc1c[nH]c2ccc3[nH]ncc3c12. The Morgan fingerprint density at radius 2 is 2.14 bits per heavy atom. The molecule has 0 aliphatic carbocycles. The van der Waals surface area contributed by atoms with Crippen molar-refractivity contribution >= 4 is 21.8 Å². The quantitative estimate of drug-likeness (QED) is 0.601. The van der Waals surface area contributed by atoms with Crippen LogP contribution in [0, 0.1) is 0 Å². The highest BCUT2D eigenvalue weighted by Gasteiger charge is 2.06. The van der Waals surface area contributed by atoms with Gasteiger partial charge in [-0.25, -0.2) is 0 Å². The number of rotatable bonds is 1. The lowest BCUT2D eigenvalue weighted by molar-refractivity contribution is 1.12. The van der Waals surface area contributed by atoms with Gasteiger partial charge in [-0.2, -0.15) is 5.10 Å². The first kappa shape index (κ1) is 7.62. The third-order valence-electron chi connectivity index (χ3n) is 2.73. The van der Waals surface area contributed by atoms with E-state index in [4.69, 9.17) is 0 Å². The first-order valence-electron chi connectivity index (χ1n) is 4.82. The molecule has 0 amide bonds. The van der Waals surface area contributed by atoms with Crippen molar-refractivity contribution in [1.29, 1.82) is 0 Å². The first-order valence-corrected chi connectivity index (χ1v) is 4.82. The van der Waals surface area contributed by atoms with E-state index in [0.717, 1.165) is 11.9 Å². The lowest BCUT2D eigenvalue weighted by Gasteiger charge is -1.95. The van der Waals surface area contributed by atoms with E-state index in [2.05, 4.69) is 40.4 Å². The molecule has 1 aromatic carbocycles. The van der Waals surface area contributed by atoms with Crippen molar-refractivity contribution < 1.29 is 0 Å². The lowest BCUT2D eigenvalue weighted by atomic mass is 10.1. The van der Waals surface area contributed by atoms with Crippen LogP contribution in [0.25, 0.3) is 21.8 Å². The monoisotopic (exact) mass is 185 g/mol. The topological polar surface area (TPSA) is 44.5 Å². The van der Waals surface area contributed by atoms with E-state index in [0.29, 0.717) is 0 Å². The molecule has 3 aromatic rings. The molecule has 0 aliphatic rings. The number of nitrogens with zero attached hydrogens (tertiary/aromatic N) is 1. The molecule has 0 radical (unpaired) electrons. The molecule has 2 N–H and O–H groups in total. The highest BCUT2D eigenvalue weighted by atomic mass is 15.1. The molecule has 3 heteroatoms. The fraction of sp³-hybridized carbons (Fsp3) is 0.182. The van der Waals surface area contributed by atoms with Gasteiger partial charge in [0.1, 0.15) is 0 Å². The summed E-state index contributed by atoms with van der Waals surface area (Å²) in [5.74, 6) is 0. The Morgan fingerprint density at radius 3 is 3.00 bits per heavy atom. The lowest BCUT2D eigenvalue weighted by Crippen LogP contribution is -1.76. The number of aryl methyl sites for hydroxylation is 1. The molecule has 0 aliphatic heterocycles. The molecular weight excluding hydrogens is 174 g/mol. The zero-order valence-electron chi connectivity index (χ0n) is 7.96. The smallest absolute Gasteiger partial charge is 0.0658 e. The van der Waals surface area contributed by atoms with Crippen molar-refractivity contribution in [2.24, 2.45) is 0 Å². The molecule has 70 valence electrons. The average molecular weight is 185 g/mol. The van der Waals surface area contributed by atoms with E-state index >= 15 is 0 Å². The van der Waals surface area contributed by atoms with Crippen molar-refractivity contribution in [1.82, 2.24) is 15.2 Å². The largest absolute Gasteiger partial charge is 0.361 e. The van der Waals surface area contributed by atoms with E-state index in [1.807, 2.05) is 6.20 Å². The van der Waals surface area contributed by atoms with Crippen molar-refractivity contribution in [3.63, 3.8) is 0 Å². The van der Waals surface area contributed by atoms with Crippen molar-refractivity contribution in [3.8, 4) is 0 Å². The second-order valence-corrected chi connectivity index (χ2v) is 3.49. The van der Waals surface area contributed by atoms with Crippen LogP contribution in [0.4, 0.5) is 0 Å². The number of benzene rings is 1. The van der Waals surface area contributed by atoms with Gasteiger partial charge in [-0.3, -0.25) is 5.10 Å². The number of H-pyrrole nitrogens is 2. The van der Waals surface area contributed by atoms with Crippen LogP contribution in [0.2, 0.25) is 0 Å². The molecule has 0 fully saturated rings. The molecule has 14 heavy (non-hydrogen) atoms. The highest BCUT2D eigenvalue weighted by molar-refractivity contribution is 6.06. The first-order chi connectivity index (χ1) is 6.90. The molecular formula is C11H11N3. The molecule has 0 spiro atoms. The molecule has 2 aromatic heterocycles. The fourth-order valence-corrected chi connectivity index (χ4v) is 2.00. The Balaban J connectivity index is 2.58. The summed E-state index contributed by atoms with van der Waals surface area (Å²) in [5, 5.41) is 9.57. The van der Waals surface area contributed by atoms with Gasteiger partial charge < -0.3 is 4.98 Å². The zero-order valence-corrected chi connectivity index (χ0v) is 7.96. The van der Waals surface area contributed by atoms with Gasteiger partial charge in [0.2, 0.25) is 0 Å². The van der Waals surface area contributed by atoms with Gasteiger partial charge >= 0.3 is 0 Å². The van der Waals surface area contributed by atoms with Gasteiger partial charge in [0, 0.05) is 22.5 Å². The second kappa shape index (κ2) is 2.61. The molecule has 2 heterocycles. The van der Waals surface area contributed by atoms with Crippen molar-refractivity contribution in [2.45, 2.75) is 13.3 Å². The van der Waals surface area contributed by atoms with Crippen LogP contribution in [-0.2, 0) is 6.42 Å². The van der Waals surface area contributed by atoms with Gasteiger partial charge in [-0.15, -0.1) is 0 Å². The third kappa shape index (κ3) is 0.839. The van der Waals surface area contributed by atoms with Crippen molar-refractivity contribution in [2.75, 3.05) is 0 Å². The van der Waals surface area contributed by atoms with E-state index < -0.39 is 0 Å². The number of fused-ring (bicyclic) bond motifs is 3. The number of hydrogen-bond acceptors (Lipinski definition) is 1. The average Bonchev–Trinajstić information content (AvgIpc) is 2.82. The molecule has 0 atom stereocenters. The minimum Gasteiger partial charge on any atom is -0.361 e. The van der Waals surface area contributed by atoms with Gasteiger partial charge in [-0.1, -0.05) is 6.92 Å². The third-order valence-corrected chi connectivity index (χ3v) is 2.73. The summed E-state index contributed by atoms with van der Waals surface area (Å²) in [6, 6.07) is 4.15. The minimum atomic E-state index is 1.05. The number of aromatic nitrogens is 3. The second-order valence-electron chi connectivity index (χ2n) is 3.49. The Kier molecular flexibility index (Phi) is 1.42. The van der Waals surface area contributed by atoms with E-state index in [-0.39, 0.29) is 0 Å². The number of aromatic amines is 2. The standard InChI is InChI=1S/C11H11N3/c1-2-7-5-12-10-4-3-9-8(11(7)10)6-13-14-9/h3-6,12H,2H2,1H3,(H,13,14). The summed E-state index contributed by atoms with van der Waals surface area (Å²) >= 11 is 0.